The molecule has 8 atom stereocenters. The van der Waals surface area contributed by atoms with Crippen molar-refractivity contribution in [2.24, 2.45) is 44.3 Å². The van der Waals surface area contributed by atoms with E-state index in [4.69, 9.17) is 24.4 Å². The molecule has 20 bridgehead atoms. The molecular weight excluding hydrogens is 925 g/mol. The SMILES string of the molecule is [2H]C1([2H])Cc2ccc(nc2)-c2ccc(cc2)C([2H])([2H])C([2H])([2H])C23CC4CC5(CCc6ccc(cc6)-c6ccc(cn6)CCC67CC8CC1(C6)CC(C8)(C7)C([2H])([2H])Cc1ccc(nc1)-c1ccc(c6c1oc1nc(C)ccc16)C([2H])([2H])C([2H])([2H])C(C4)(C5)C2)C3. The number of fused-ring (bicyclic) bond motifs is 1. The van der Waals surface area contributed by atoms with Crippen LogP contribution >= 0.6 is 0 Å². The Kier molecular flexibility index (Phi) is 7.95. The molecule has 384 valence electrons. The molecule has 12 aliphatic heterocycles. The summed E-state index contributed by atoms with van der Waals surface area (Å²) in [7, 11) is 0. The maximum atomic E-state index is 10.7. The second kappa shape index (κ2) is 17.0. The fraction of sp³-hybridized carbons (Fsp3) is 0.465. The Morgan fingerprint density at radius 3 is 1.49 bits per heavy atom. The van der Waals surface area contributed by atoms with Gasteiger partial charge in [-0.25, -0.2) is 4.98 Å². The number of furan rings is 1. The van der Waals surface area contributed by atoms with Gasteiger partial charge in [0.05, 0.1) is 17.1 Å². The van der Waals surface area contributed by atoms with Gasteiger partial charge in [0, 0.05) is 68.2 Å². The highest BCUT2D eigenvalue weighted by atomic mass is 16.3. The molecule has 0 saturated heterocycles. The van der Waals surface area contributed by atoms with Gasteiger partial charge in [0.25, 0.3) is 0 Å². The lowest BCUT2D eigenvalue weighted by Gasteiger charge is -2.67. The average Bonchev–Trinajstić information content (AvgIpc) is 0.875. The first kappa shape index (κ1) is 35.5. The number of aromatic nitrogens is 4. The average molecular weight is 1010 g/mol. The van der Waals surface area contributed by atoms with E-state index in [1.54, 1.807) is 48.8 Å². The minimum absolute atomic E-state index is 0.0456. The Morgan fingerprint density at radius 1 is 0.447 bits per heavy atom. The van der Waals surface area contributed by atoms with Crippen molar-refractivity contribution in [2.75, 3.05) is 0 Å². The van der Waals surface area contributed by atoms with Gasteiger partial charge in [0.15, 0.2) is 0 Å². The molecule has 8 unspecified atom stereocenters. The first-order valence-electron chi connectivity index (χ1n) is 34.5. The Labute approximate surface area is 467 Å². The van der Waals surface area contributed by atoms with Crippen LogP contribution in [0.4, 0.5) is 0 Å². The van der Waals surface area contributed by atoms with Crippen LogP contribution in [0, 0.1) is 51.2 Å². The summed E-state index contributed by atoms with van der Waals surface area (Å²) in [5.74, 6) is -0.0679. The normalized spacial score (nSPS) is 38.7. The van der Waals surface area contributed by atoms with Gasteiger partial charge in [-0.15, -0.1) is 0 Å². The van der Waals surface area contributed by atoms with E-state index in [1.807, 2.05) is 49.5 Å². The van der Waals surface area contributed by atoms with Gasteiger partial charge in [0.2, 0.25) is 5.71 Å². The lowest BCUT2D eigenvalue weighted by molar-refractivity contribution is -0.167. The third-order valence-electron chi connectivity index (χ3n) is 20.3. The van der Waals surface area contributed by atoms with Gasteiger partial charge in [-0.2, -0.15) is 0 Å². The van der Waals surface area contributed by atoms with Crippen molar-refractivity contribution in [3.05, 3.63) is 167 Å². The zero-order valence-corrected chi connectivity index (χ0v) is 43.7. The second-order valence-corrected chi connectivity index (χ2v) is 26.0. The van der Waals surface area contributed by atoms with E-state index in [-0.39, 0.29) is 53.4 Å². The van der Waals surface area contributed by atoms with E-state index >= 15 is 0 Å². The quantitative estimate of drug-likeness (QED) is 0.151. The predicted octanol–water partition coefficient (Wildman–Crippen LogP) is 17.4. The number of pyridine rings is 4. The molecule has 5 nitrogen and oxygen atoms in total. The fourth-order valence-corrected chi connectivity index (χ4v) is 18.2. The molecule has 0 N–H and O–H groups in total. The molecule has 0 radical (unpaired) electrons. The summed E-state index contributed by atoms with van der Waals surface area (Å²) in [4.78, 5) is 19.8. The molecule has 8 aromatic rings. The molecule has 8 fully saturated rings. The van der Waals surface area contributed by atoms with Crippen molar-refractivity contribution in [1.29, 1.82) is 0 Å². The highest BCUT2D eigenvalue weighted by Gasteiger charge is 2.63. The third kappa shape index (κ3) is 7.96. The van der Waals surface area contributed by atoms with Crippen LogP contribution in [0.1, 0.15) is 171 Å². The van der Waals surface area contributed by atoms with Crippen molar-refractivity contribution >= 4 is 22.1 Å². The summed E-state index contributed by atoms with van der Waals surface area (Å²) < 4.78 is 131. The first-order chi connectivity index (χ1) is 41.6. The Balaban J connectivity index is 0.910. The summed E-state index contributed by atoms with van der Waals surface area (Å²) in [5, 5.41) is 0.902. The minimum Gasteiger partial charge on any atom is -0.437 e. The summed E-state index contributed by atoms with van der Waals surface area (Å²) in [6.45, 7) is 1.86. The van der Waals surface area contributed by atoms with Crippen molar-refractivity contribution < 1.29 is 20.9 Å². The van der Waals surface area contributed by atoms with Gasteiger partial charge in [-0.05, 0) is 275 Å². The minimum atomic E-state index is -2.72. The van der Waals surface area contributed by atoms with Crippen LogP contribution in [0.15, 0.2) is 132 Å². The lowest BCUT2D eigenvalue weighted by Crippen LogP contribution is -2.57. The van der Waals surface area contributed by atoms with E-state index in [9.17, 15) is 16.4 Å². The van der Waals surface area contributed by atoms with Gasteiger partial charge >= 0.3 is 0 Å². The predicted molar refractivity (Wildman–Crippen MR) is 306 cm³/mol. The zero-order chi connectivity index (χ0) is 61.1. The molecule has 37 rings (SSSR count). The number of benzene rings is 3. The standard InChI is InChI=1S/C71H74N4O/c1-47-2-15-59-63-57-14-16-58(64(63)76-65(59)75-47)62-19-9-52(40-74-62)24-30-70-36-53-34-68(43-70)28-22-50-7-17-60(72-38-50)55-10-3-48(4-11-55)20-26-66-32-54-33-67(41-66,46-71(37-54,45-66)31-25-57)27-21-49-5-12-56(13-6-49)61-18-8-51(39-73-61)23-29-69(35-53,42-68)44-70/h2-19,38-40,53-54H,20-37,41-46H2,1H3/i20D2,25D2,26D2,28D2,30D2,31D2. The van der Waals surface area contributed by atoms with Crippen molar-refractivity contribution in [1.82, 2.24) is 19.9 Å². The summed E-state index contributed by atoms with van der Waals surface area (Å²) in [6.07, 6.45) is 0.492. The lowest BCUT2D eigenvalue weighted by atomic mass is 9.37. The Bertz CT molecular complexity index is 4130. The van der Waals surface area contributed by atoms with Gasteiger partial charge < -0.3 is 4.42 Å². The zero-order valence-electron chi connectivity index (χ0n) is 55.7. The first-order valence-corrected chi connectivity index (χ1v) is 28.5. The molecule has 5 aromatic heterocycles. The van der Waals surface area contributed by atoms with Crippen LogP contribution in [0.2, 0.25) is 0 Å². The van der Waals surface area contributed by atoms with E-state index in [0.717, 1.165) is 47.2 Å². The molecule has 3 aromatic carbocycles. The molecule has 5 heteroatoms. The van der Waals surface area contributed by atoms with Crippen LogP contribution in [0.5, 0.6) is 0 Å². The Morgan fingerprint density at radius 2 is 0.921 bits per heavy atom. The largest absolute Gasteiger partial charge is 0.437 e. The highest BCUT2D eigenvalue weighted by molar-refractivity contribution is 6.10. The van der Waals surface area contributed by atoms with Crippen LogP contribution < -0.4 is 0 Å². The number of rotatable bonds is 0. The van der Waals surface area contributed by atoms with Crippen molar-refractivity contribution in [3.63, 3.8) is 0 Å². The summed E-state index contributed by atoms with van der Waals surface area (Å²) >= 11 is 0. The number of aryl methyl sites for hydroxylation is 7. The maximum absolute atomic E-state index is 10.7. The monoisotopic (exact) mass is 1010 g/mol. The molecule has 8 saturated carbocycles. The van der Waals surface area contributed by atoms with Crippen molar-refractivity contribution in [2.45, 2.75) is 161 Å². The number of hydrogen-bond donors (Lipinski definition) is 0. The van der Waals surface area contributed by atoms with Crippen LogP contribution in [0.25, 0.3) is 55.8 Å². The van der Waals surface area contributed by atoms with Crippen molar-refractivity contribution in [3.8, 4) is 33.8 Å². The Hall–Kier alpha value is -5.94. The van der Waals surface area contributed by atoms with E-state index in [1.165, 1.54) is 0 Å². The van der Waals surface area contributed by atoms with Crippen LogP contribution in [-0.2, 0) is 38.4 Å². The molecule has 17 aliphatic carbocycles. The molecular formula is C71H74N4O. The smallest absolute Gasteiger partial charge is 0.227 e. The number of hydrogen-bond acceptors (Lipinski definition) is 5. The topological polar surface area (TPSA) is 64.7 Å². The van der Waals surface area contributed by atoms with E-state index in [0.29, 0.717) is 127 Å². The highest BCUT2D eigenvalue weighted by Crippen LogP contribution is 2.74. The fourth-order valence-electron chi connectivity index (χ4n) is 18.2. The van der Waals surface area contributed by atoms with Gasteiger partial charge in [-0.1, -0.05) is 72.8 Å². The molecule has 76 heavy (non-hydrogen) atoms. The second-order valence-electron chi connectivity index (χ2n) is 26.0. The molecule has 0 amide bonds. The van der Waals surface area contributed by atoms with E-state index < -0.39 is 65.3 Å². The molecule has 29 aliphatic rings. The van der Waals surface area contributed by atoms with Gasteiger partial charge in [0.1, 0.15) is 5.58 Å². The van der Waals surface area contributed by atoms with Crippen LogP contribution in [-0.4, -0.2) is 19.9 Å². The number of nitrogens with zero attached hydrogens (tertiary/aromatic N) is 4. The maximum Gasteiger partial charge on any atom is 0.227 e. The summed E-state index contributed by atoms with van der Waals surface area (Å²) in [6, 6.07) is 34.2. The molecule has 17 heterocycles. The van der Waals surface area contributed by atoms with Gasteiger partial charge in [-0.3, -0.25) is 15.0 Å². The van der Waals surface area contributed by atoms with Crippen LogP contribution in [0.3, 0.4) is 0 Å². The molecule has 6 spiro atoms. The van der Waals surface area contributed by atoms with E-state index in [2.05, 4.69) is 36.4 Å². The third-order valence-corrected chi connectivity index (χ3v) is 20.3. The summed E-state index contributed by atoms with van der Waals surface area (Å²) in [5.41, 5.74) is 3.86.